The number of carboxylic acid groups (broad SMARTS) is 1. The van der Waals surface area contributed by atoms with Crippen LogP contribution in [-0.4, -0.2) is 40.3 Å². The van der Waals surface area contributed by atoms with Crippen LogP contribution in [0.25, 0.3) is 0 Å². The van der Waals surface area contributed by atoms with Gasteiger partial charge in [-0.1, -0.05) is 6.08 Å². The van der Waals surface area contributed by atoms with E-state index in [-0.39, 0.29) is 25.2 Å². The summed E-state index contributed by atoms with van der Waals surface area (Å²) in [4.78, 5) is 34.0. The predicted octanol–water partition coefficient (Wildman–Crippen LogP) is -0.183. The Morgan fingerprint density at radius 2 is 2.29 bits per heavy atom. The second-order valence-electron chi connectivity index (χ2n) is 3.12. The lowest BCUT2D eigenvalue weighted by molar-refractivity contribution is -0.148. The monoisotopic (exact) mass is 197 g/mol. The maximum atomic E-state index is 11.2. The third-order valence-electron chi connectivity index (χ3n) is 2.07. The lowest BCUT2D eigenvalue weighted by atomic mass is 10.2. The lowest BCUT2D eigenvalue weighted by Crippen LogP contribution is -2.41. The second-order valence-corrected chi connectivity index (χ2v) is 3.12. The van der Waals surface area contributed by atoms with Crippen LogP contribution in [0.15, 0.2) is 12.7 Å². The maximum absolute atomic E-state index is 11.2. The molecule has 0 saturated carbocycles. The normalized spacial score (nSPS) is 18.4. The zero-order chi connectivity index (χ0) is 10.7. The molecule has 5 heteroatoms. The summed E-state index contributed by atoms with van der Waals surface area (Å²) < 4.78 is 0. The number of carbonyl (C=O) groups is 3. The van der Waals surface area contributed by atoms with Crippen molar-refractivity contribution in [3.63, 3.8) is 0 Å². The van der Waals surface area contributed by atoms with E-state index >= 15 is 0 Å². The third kappa shape index (κ3) is 1.99. The van der Waals surface area contributed by atoms with Crippen LogP contribution in [0.5, 0.6) is 0 Å². The fourth-order valence-corrected chi connectivity index (χ4v) is 1.41. The van der Waals surface area contributed by atoms with E-state index in [1.165, 1.54) is 6.08 Å². The molecular weight excluding hydrogens is 186 g/mol. The minimum atomic E-state index is -1.10. The number of hydrogen-bond donors (Lipinski definition) is 1. The fraction of sp³-hybridized carbons (Fsp3) is 0.444. The van der Waals surface area contributed by atoms with Crippen LogP contribution in [0.1, 0.15) is 12.8 Å². The molecule has 1 aliphatic heterocycles. The second kappa shape index (κ2) is 4.04. The molecule has 0 unspecified atom stereocenters. The number of rotatable bonds is 4. The predicted molar refractivity (Wildman–Crippen MR) is 47.6 cm³/mol. The minimum Gasteiger partial charge on any atom is -0.480 e. The van der Waals surface area contributed by atoms with E-state index in [9.17, 15) is 14.4 Å². The lowest BCUT2D eigenvalue weighted by Gasteiger charge is -2.21. The topological polar surface area (TPSA) is 74.7 Å². The number of amides is 1. The van der Waals surface area contributed by atoms with Gasteiger partial charge in [0.2, 0.25) is 5.91 Å². The summed E-state index contributed by atoms with van der Waals surface area (Å²) in [7, 11) is 0. The number of nitrogens with zero attached hydrogens (tertiary/aromatic N) is 1. The minimum absolute atomic E-state index is 0.0936. The van der Waals surface area contributed by atoms with Crippen molar-refractivity contribution >= 4 is 17.7 Å². The molecule has 1 N–H and O–H groups in total. The number of hydrogen-bond acceptors (Lipinski definition) is 3. The van der Waals surface area contributed by atoms with Crippen molar-refractivity contribution in [2.75, 3.05) is 6.54 Å². The number of likely N-dealkylation sites (tertiary alicyclic amines) is 1. The molecule has 5 nitrogen and oxygen atoms in total. The highest BCUT2D eigenvalue weighted by atomic mass is 16.4. The Labute approximate surface area is 81.0 Å². The molecule has 0 radical (unpaired) electrons. The molecule has 76 valence electrons. The van der Waals surface area contributed by atoms with Crippen molar-refractivity contribution in [2.24, 2.45) is 0 Å². The highest BCUT2D eigenvalue weighted by Gasteiger charge is 2.35. The van der Waals surface area contributed by atoms with E-state index < -0.39 is 17.9 Å². The molecule has 0 spiro atoms. The first-order valence-corrected chi connectivity index (χ1v) is 4.21. The Morgan fingerprint density at radius 3 is 2.64 bits per heavy atom. The van der Waals surface area contributed by atoms with Gasteiger partial charge < -0.3 is 10.0 Å². The summed E-state index contributed by atoms with van der Waals surface area (Å²) in [5.41, 5.74) is 0. The molecule has 1 saturated heterocycles. The molecule has 1 amide bonds. The molecule has 1 fully saturated rings. The van der Waals surface area contributed by atoms with Crippen LogP contribution >= 0.6 is 0 Å². The van der Waals surface area contributed by atoms with Gasteiger partial charge in [0, 0.05) is 0 Å². The van der Waals surface area contributed by atoms with Gasteiger partial charge in [-0.2, -0.15) is 0 Å². The van der Waals surface area contributed by atoms with Gasteiger partial charge in [0.1, 0.15) is 6.04 Å². The maximum Gasteiger partial charge on any atom is 0.326 e. The van der Waals surface area contributed by atoms with Crippen molar-refractivity contribution in [1.82, 2.24) is 4.90 Å². The molecule has 0 aromatic heterocycles. The Morgan fingerprint density at radius 1 is 1.64 bits per heavy atom. The Hall–Kier alpha value is -1.65. The van der Waals surface area contributed by atoms with Crippen molar-refractivity contribution in [3.05, 3.63) is 12.7 Å². The van der Waals surface area contributed by atoms with Crippen LogP contribution in [0.4, 0.5) is 0 Å². The van der Waals surface area contributed by atoms with Gasteiger partial charge in [-0.05, 0) is 6.42 Å². The van der Waals surface area contributed by atoms with E-state index in [2.05, 4.69) is 6.58 Å². The quantitative estimate of drug-likeness (QED) is 0.501. The van der Waals surface area contributed by atoms with E-state index in [4.69, 9.17) is 5.11 Å². The molecule has 1 aliphatic rings. The number of carboxylic acids is 1. The zero-order valence-corrected chi connectivity index (χ0v) is 7.60. The molecule has 14 heavy (non-hydrogen) atoms. The van der Waals surface area contributed by atoms with Crippen LogP contribution in [0.3, 0.4) is 0 Å². The van der Waals surface area contributed by atoms with Crippen molar-refractivity contribution in [2.45, 2.75) is 18.9 Å². The summed E-state index contributed by atoms with van der Waals surface area (Å²) in [6, 6.07) is -0.952. The highest BCUT2D eigenvalue weighted by Crippen LogP contribution is 2.14. The zero-order valence-electron chi connectivity index (χ0n) is 7.60. The first-order valence-electron chi connectivity index (χ1n) is 4.21. The van der Waals surface area contributed by atoms with Crippen molar-refractivity contribution in [1.29, 1.82) is 0 Å². The van der Waals surface area contributed by atoms with E-state index in [1.807, 2.05) is 0 Å². The Kier molecular flexibility index (Phi) is 3.01. The van der Waals surface area contributed by atoms with Crippen LogP contribution in [-0.2, 0) is 14.4 Å². The van der Waals surface area contributed by atoms with Crippen molar-refractivity contribution in [3.8, 4) is 0 Å². The van der Waals surface area contributed by atoms with Gasteiger partial charge in [0.15, 0.2) is 5.78 Å². The molecule has 0 aromatic carbocycles. The van der Waals surface area contributed by atoms with Crippen LogP contribution in [0.2, 0.25) is 0 Å². The summed E-state index contributed by atoms with van der Waals surface area (Å²) in [6.07, 6.45) is 1.41. The fourth-order valence-electron chi connectivity index (χ4n) is 1.41. The SMILES string of the molecule is C=CC[C@@H](C(=O)O)N1CC(=O)CC1=O. The van der Waals surface area contributed by atoms with E-state index in [1.54, 1.807) is 0 Å². The summed E-state index contributed by atoms with van der Waals surface area (Å²) >= 11 is 0. The van der Waals surface area contributed by atoms with Crippen molar-refractivity contribution < 1.29 is 19.5 Å². The number of carbonyl (C=O) groups excluding carboxylic acids is 2. The van der Waals surface area contributed by atoms with Crippen LogP contribution in [0, 0.1) is 0 Å². The molecular formula is C9H11NO4. The average molecular weight is 197 g/mol. The molecule has 0 bridgehead atoms. The summed E-state index contributed by atoms with van der Waals surface area (Å²) in [6.45, 7) is 3.32. The molecule has 1 atom stereocenters. The van der Waals surface area contributed by atoms with E-state index in [0.29, 0.717) is 0 Å². The number of ketones is 1. The number of aliphatic carboxylic acids is 1. The van der Waals surface area contributed by atoms with Gasteiger partial charge in [0.25, 0.3) is 0 Å². The third-order valence-corrected chi connectivity index (χ3v) is 2.07. The first-order chi connectivity index (χ1) is 6.56. The molecule has 0 aliphatic carbocycles. The smallest absolute Gasteiger partial charge is 0.326 e. The summed E-state index contributed by atoms with van der Waals surface area (Å²) in [5, 5.41) is 8.82. The van der Waals surface area contributed by atoms with E-state index in [0.717, 1.165) is 4.90 Å². The molecule has 0 aromatic rings. The Bertz CT molecular complexity index is 297. The Balaban J connectivity index is 2.78. The van der Waals surface area contributed by atoms with Crippen LogP contribution < -0.4 is 0 Å². The average Bonchev–Trinajstić information content (AvgIpc) is 2.40. The highest BCUT2D eigenvalue weighted by molar-refractivity contribution is 6.06. The molecule has 1 rings (SSSR count). The number of Topliss-reactive ketones (excluding diaryl/α,β-unsaturated/α-hetero) is 1. The standard InChI is InChI=1S/C9H11NO4/c1-2-3-7(9(13)14)10-5-6(11)4-8(10)12/h2,7H,1,3-5H2,(H,13,14)/t7-/m0/s1. The molecule has 1 heterocycles. The van der Waals surface area contributed by atoms with Gasteiger partial charge in [-0.3, -0.25) is 9.59 Å². The van der Waals surface area contributed by atoms with Gasteiger partial charge in [-0.15, -0.1) is 6.58 Å². The summed E-state index contributed by atoms with van der Waals surface area (Å²) in [5.74, 6) is -1.75. The van der Waals surface area contributed by atoms with Gasteiger partial charge in [-0.25, -0.2) is 4.79 Å². The largest absolute Gasteiger partial charge is 0.480 e. The van der Waals surface area contributed by atoms with Gasteiger partial charge >= 0.3 is 5.97 Å². The van der Waals surface area contributed by atoms with Gasteiger partial charge in [0.05, 0.1) is 13.0 Å². The first kappa shape index (κ1) is 10.4.